The summed E-state index contributed by atoms with van der Waals surface area (Å²) in [5, 5.41) is 3.05. The molecule has 1 atom stereocenters. The number of aromatic amines is 1. The van der Waals surface area contributed by atoms with Gasteiger partial charge in [-0.3, -0.25) is 9.59 Å². The molecule has 0 bridgehead atoms. The molecule has 0 radical (unpaired) electrons. The van der Waals surface area contributed by atoms with Gasteiger partial charge in [-0.05, 0) is 35.7 Å². The van der Waals surface area contributed by atoms with Crippen molar-refractivity contribution in [3.05, 3.63) is 81.4 Å². The van der Waals surface area contributed by atoms with Crippen LogP contribution < -0.4 is 15.6 Å². The summed E-state index contributed by atoms with van der Waals surface area (Å²) in [6.45, 7) is 2.76. The average molecular weight is 454 g/mol. The van der Waals surface area contributed by atoms with Gasteiger partial charge < -0.3 is 15.0 Å². The van der Waals surface area contributed by atoms with E-state index in [1.807, 2.05) is 24.3 Å². The molecule has 1 amide bonds. The molecular formula is C24H24FN3O3S. The van der Waals surface area contributed by atoms with E-state index < -0.39 is 5.92 Å². The van der Waals surface area contributed by atoms with E-state index >= 15 is 0 Å². The Labute approximate surface area is 189 Å². The summed E-state index contributed by atoms with van der Waals surface area (Å²) in [6.07, 6.45) is 2.20. The number of hydrogen-bond acceptors (Lipinski definition) is 5. The van der Waals surface area contributed by atoms with Crippen LogP contribution in [-0.2, 0) is 10.5 Å². The Bertz CT molecular complexity index is 1160. The minimum atomic E-state index is -0.398. The molecule has 0 saturated heterocycles. The Hall–Kier alpha value is -3.13. The summed E-state index contributed by atoms with van der Waals surface area (Å²) < 4.78 is 19.6. The molecule has 0 spiro atoms. The maximum absolute atomic E-state index is 13.9. The molecular weight excluding hydrogens is 429 g/mol. The molecule has 1 aliphatic rings. The van der Waals surface area contributed by atoms with Crippen LogP contribution in [0.15, 0.2) is 58.5 Å². The molecule has 2 heterocycles. The predicted octanol–water partition coefficient (Wildman–Crippen LogP) is 4.85. The van der Waals surface area contributed by atoms with Gasteiger partial charge in [0.25, 0.3) is 5.56 Å². The molecule has 0 unspecified atom stereocenters. The van der Waals surface area contributed by atoms with Crippen molar-refractivity contribution < 1.29 is 13.9 Å². The molecule has 8 heteroatoms. The van der Waals surface area contributed by atoms with Gasteiger partial charge in [0, 0.05) is 18.1 Å². The largest absolute Gasteiger partial charge is 0.494 e. The fourth-order valence-corrected chi connectivity index (χ4v) is 4.44. The summed E-state index contributed by atoms with van der Waals surface area (Å²) in [7, 11) is 0. The lowest BCUT2D eigenvalue weighted by molar-refractivity contribution is -0.116. The number of rotatable bonds is 8. The Balaban J connectivity index is 1.56. The highest BCUT2D eigenvalue weighted by molar-refractivity contribution is 7.98. The number of halogens is 1. The standard InChI is InChI=1S/C24H24FN3O3S/c1-2-3-12-31-17-10-8-15(9-11-17)18-13-20(29)26-22-21(18)23(30)28-24(27-22)32-14-16-6-4-5-7-19(16)25/h4-11,18H,2-3,12-14H2,1H3,(H2,26,27,28,29,30)/t18-/m1/s1. The second-order valence-corrected chi connectivity index (χ2v) is 8.55. The number of fused-ring (bicyclic) bond motifs is 1. The lowest BCUT2D eigenvalue weighted by Gasteiger charge is -2.24. The van der Waals surface area contributed by atoms with Gasteiger partial charge in [-0.2, -0.15) is 0 Å². The third-order valence-corrected chi connectivity index (χ3v) is 6.22. The van der Waals surface area contributed by atoms with Crippen LogP contribution in [0.5, 0.6) is 5.75 Å². The molecule has 2 N–H and O–H groups in total. The number of anilines is 1. The van der Waals surface area contributed by atoms with Crippen LogP contribution in [0.1, 0.15) is 48.8 Å². The van der Waals surface area contributed by atoms with E-state index in [4.69, 9.17) is 4.74 Å². The van der Waals surface area contributed by atoms with Crippen LogP contribution in [-0.4, -0.2) is 22.5 Å². The average Bonchev–Trinajstić information content (AvgIpc) is 2.78. The number of carbonyl (C=O) groups excluding carboxylic acids is 1. The molecule has 4 rings (SSSR count). The summed E-state index contributed by atoms with van der Waals surface area (Å²) in [6, 6.07) is 13.9. The lowest BCUT2D eigenvalue weighted by atomic mass is 9.87. The first kappa shape index (κ1) is 22.1. The van der Waals surface area contributed by atoms with Crippen molar-refractivity contribution in [3.63, 3.8) is 0 Å². The molecule has 6 nitrogen and oxygen atoms in total. The van der Waals surface area contributed by atoms with Gasteiger partial charge in [0.05, 0.1) is 12.2 Å². The quantitative estimate of drug-likeness (QED) is 0.289. The van der Waals surface area contributed by atoms with Gasteiger partial charge in [0.15, 0.2) is 5.16 Å². The SMILES string of the molecule is CCCCOc1ccc([C@H]2CC(=O)Nc3nc(SCc4ccccc4F)[nH]c(=O)c32)cc1. The van der Waals surface area contributed by atoms with E-state index in [0.29, 0.717) is 28.6 Å². The van der Waals surface area contributed by atoms with Crippen LogP contribution >= 0.6 is 11.8 Å². The van der Waals surface area contributed by atoms with E-state index in [2.05, 4.69) is 22.2 Å². The van der Waals surface area contributed by atoms with Crippen LogP contribution in [0.3, 0.4) is 0 Å². The zero-order valence-corrected chi connectivity index (χ0v) is 18.5. The van der Waals surface area contributed by atoms with E-state index in [-0.39, 0.29) is 29.5 Å². The molecule has 1 aliphatic heterocycles. The van der Waals surface area contributed by atoms with Crippen LogP contribution in [0.2, 0.25) is 0 Å². The van der Waals surface area contributed by atoms with Crippen molar-refractivity contribution in [2.75, 3.05) is 11.9 Å². The van der Waals surface area contributed by atoms with Crippen LogP contribution in [0.25, 0.3) is 0 Å². The number of hydrogen-bond donors (Lipinski definition) is 2. The first-order valence-corrected chi connectivity index (χ1v) is 11.6. The number of ether oxygens (including phenoxy) is 1. The molecule has 0 fully saturated rings. The number of nitrogens with zero attached hydrogens (tertiary/aromatic N) is 1. The van der Waals surface area contributed by atoms with E-state index in [9.17, 15) is 14.0 Å². The maximum Gasteiger partial charge on any atom is 0.257 e. The molecule has 32 heavy (non-hydrogen) atoms. The van der Waals surface area contributed by atoms with Gasteiger partial charge in [-0.15, -0.1) is 0 Å². The fraction of sp³-hybridized carbons (Fsp3) is 0.292. The topological polar surface area (TPSA) is 84.1 Å². The van der Waals surface area contributed by atoms with E-state index in [1.54, 1.807) is 18.2 Å². The van der Waals surface area contributed by atoms with Crippen LogP contribution in [0.4, 0.5) is 10.2 Å². The Morgan fingerprint density at radius 3 is 2.69 bits per heavy atom. The van der Waals surface area contributed by atoms with Gasteiger partial charge in [-0.25, -0.2) is 9.37 Å². The van der Waals surface area contributed by atoms with Gasteiger partial charge >= 0.3 is 0 Å². The van der Waals surface area contributed by atoms with Crippen molar-refractivity contribution in [3.8, 4) is 5.75 Å². The smallest absolute Gasteiger partial charge is 0.257 e. The third kappa shape index (κ3) is 5.02. The Morgan fingerprint density at radius 2 is 1.94 bits per heavy atom. The number of thioether (sulfide) groups is 1. The van der Waals surface area contributed by atoms with Crippen molar-refractivity contribution in [1.82, 2.24) is 9.97 Å². The zero-order chi connectivity index (χ0) is 22.5. The van der Waals surface area contributed by atoms with Crippen molar-refractivity contribution in [2.45, 2.75) is 43.0 Å². The van der Waals surface area contributed by atoms with Gasteiger partial charge in [0.2, 0.25) is 5.91 Å². The number of carbonyl (C=O) groups is 1. The van der Waals surface area contributed by atoms with Crippen LogP contribution in [0, 0.1) is 5.82 Å². The first-order valence-electron chi connectivity index (χ1n) is 10.6. The summed E-state index contributed by atoms with van der Waals surface area (Å²) >= 11 is 1.21. The highest BCUT2D eigenvalue weighted by Crippen LogP contribution is 2.35. The van der Waals surface area contributed by atoms with Crippen molar-refractivity contribution >= 4 is 23.5 Å². The maximum atomic E-state index is 13.9. The first-order chi connectivity index (χ1) is 15.5. The second kappa shape index (κ2) is 9.99. The molecule has 166 valence electrons. The number of amides is 1. The van der Waals surface area contributed by atoms with Crippen molar-refractivity contribution in [2.24, 2.45) is 0 Å². The number of aromatic nitrogens is 2. The van der Waals surface area contributed by atoms with Crippen molar-refractivity contribution in [1.29, 1.82) is 0 Å². The lowest BCUT2D eigenvalue weighted by Crippen LogP contribution is -2.31. The zero-order valence-electron chi connectivity index (χ0n) is 17.7. The third-order valence-electron chi connectivity index (χ3n) is 5.30. The number of H-pyrrole nitrogens is 1. The monoisotopic (exact) mass is 453 g/mol. The fourth-order valence-electron chi connectivity index (χ4n) is 3.60. The predicted molar refractivity (Wildman–Crippen MR) is 123 cm³/mol. The Morgan fingerprint density at radius 1 is 1.16 bits per heavy atom. The number of nitrogens with one attached hydrogen (secondary N) is 2. The van der Waals surface area contributed by atoms with E-state index in [0.717, 1.165) is 24.2 Å². The molecule has 0 saturated carbocycles. The normalized spacial score (nSPS) is 15.2. The summed E-state index contributed by atoms with van der Waals surface area (Å²) in [5.41, 5.74) is 1.49. The molecule has 1 aromatic heterocycles. The number of unbranched alkanes of at least 4 members (excludes halogenated alkanes) is 1. The minimum absolute atomic E-state index is 0.162. The molecule has 2 aromatic carbocycles. The second-order valence-electron chi connectivity index (χ2n) is 7.59. The minimum Gasteiger partial charge on any atom is -0.494 e. The highest BCUT2D eigenvalue weighted by atomic mass is 32.2. The summed E-state index contributed by atoms with van der Waals surface area (Å²) in [4.78, 5) is 32.5. The summed E-state index contributed by atoms with van der Waals surface area (Å²) in [5.74, 6) is 0.421. The Kier molecular flexibility index (Phi) is 6.90. The molecule has 0 aliphatic carbocycles. The van der Waals surface area contributed by atoms with Gasteiger partial charge in [-0.1, -0.05) is 55.4 Å². The number of benzene rings is 2. The molecule has 3 aromatic rings. The van der Waals surface area contributed by atoms with E-state index in [1.165, 1.54) is 17.8 Å². The highest BCUT2D eigenvalue weighted by Gasteiger charge is 2.31. The van der Waals surface area contributed by atoms with Gasteiger partial charge in [0.1, 0.15) is 17.4 Å².